The van der Waals surface area contributed by atoms with Crippen molar-refractivity contribution in [2.45, 2.75) is 17.4 Å². The van der Waals surface area contributed by atoms with Crippen molar-refractivity contribution in [1.82, 2.24) is 19.9 Å². The highest BCUT2D eigenvalue weighted by atomic mass is 32.2. The van der Waals surface area contributed by atoms with Crippen molar-refractivity contribution in [1.29, 1.82) is 0 Å². The lowest BCUT2D eigenvalue weighted by Crippen LogP contribution is -2.12. The van der Waals surface area contributed by atoms with E-state index in [4.69, 9.17) is 0 Å². The first-order valence-corrected chi connectivity index (χ1v) is 9.80. The third-order valence-electron chi connectivity index (χ3n) is 3.81. The van der Waals surface area contributed by atoms with Gasteiger partial charge in [0.25, 0.3) is 0 Å². The number of nitrogens with zero attached hydrogens (tertiary/aromatic N) is 4. The first-order valence-electron chi connectivity index (χ1n) is 7.91. The maximum atomic E-state index is 13.3. The minimum absolute atomic E-state index is 0.0276. The van der Waals surface area contributed by atoms with Gasteiger partial charge in [-0.15, -0.1) is 0 Å². The Labute approximate surface area is 165 Å². The summed E-state index contributed by atoms with van der Waals surface area (Å²) in [5.74, 6) is -0.376. The first-order chi connectivity index (χ1) is 13.8. The van der Waals surface area contributed by atoms with E-state index < -0.39 is 49.7 Å². The van der Waals surface area contributed by atoms with Gasteiger partial charge in [-0.3, -0.25) is 0 Å². The van der Waals surface area contributed by atoms with Crippen LogP contribution in [-0.4, -0.2) is 34.6 Å². The molecule has 0 unspecified atom stereocenters. The van der Waals surface area contributed by atoms with Gasteiger partial charge in [-0.25, -0.2) is 28.4 Å². The molecule has 30 heavy (non-hydrogen) atoms. The zero-order valence-electron chi connectivity index (χ0n) is 14.8. The van der Waals surface area contributed by atoms with Gasteiger partial charge in [-0.2, -0.15) is 26.3 Å². The van der Waals surface area contributed by atoms with Crippen molar-refractivity contribution < 1.29 is 34.8 Å². The zero-order chi connectivity index (χ0) is 22.3. The van der Waals surface area contributed by atoms with Gasteiger partial charge in [-0.05, 0) is 12.1 Å². The van der Waals surface area contributed by atoms with Gasteiger partial charge in [0, 0.05) is 29.6 Å². The lowest BCUT2D eigenvalue weighted by Gasteiger charge is -2.12. The minimum atomic E-state index is -4.89. The van der Waals surface area contributed by atoms with E-state index in [1.165, 1.54) is 0 Å². The molecule has 3 rings (SSSR count). The summed E-state index contributed by atoms with van der Waals surface area (Å²) >= 11 is 0. The number of alkyl halides is 6. The summed E-state index contributed by atoms with van der Waals surface area (Å²) in [5, 5.41) is -0.612. The van der Waals surface area contributed by atoms with Crippen LogP contribution in [0.15, 0.2) is 47.9 Å². The lowest BCUT2D eigenvalue weighted by molar-refractivity contribution is -0.140. The second-order valence-corrected chi connectivity index (χ2v) is 8.01. The van der Waals surface area contributed by atoms with Crippen LogP contribution in [0.2, 0.25) is 0 Å². The summed E-state index contributed by atoms with van der Waals surface area (Å²) in [4.78, 5) is 14.4. The molecule has 6 nitrogen and oxygen atoms in total. The average Bonchev–Trinajstić information content (AvgIpc) is 2.66. The molecule has 0 fully saturated rings. The number of aromatic nitrogens is 4. The molecule has 0 bridgehead atoms. The van der Waals surface area contributed by atoms with Gasteiger partial charge >= 0.3 is 12.4 Å². The molecule has 2 aromatic heterocycles. The normalized spacial score (nSPS) is 12.8. The molecule has 0 radical (unpaired) electrons. The molecule has 0 aliphatic carbocycles. The molecule has 0 atom stereocenters. The van der Waals surface area contributed by atoms with Crippen molar-refractivity contribution in [2.75, 3.05) is 6.26 Å². The minimum Gasteiger partial charge on any atom is -0.244 e. The van der Waals surface area contributed by atoms with E-state index in [-0.39, 0.29) is 11.4 Å². The van der Waals surface area contributed by atoms with Crippen molar-refractivity contribution in [3.8, 4) is 22.6 Å². The lowest BCUT2D eigenvalue weighted by atomic mass is 10.1. The Morgan fingerprint density at radius 1 is 0.900 bits per heavy atom. The number of sulfone groups is 1. The molecule has 2 heterocycles. The summed E-state index contributed by atoms with van der Waals surface area (Å²) < 4.78 is 102. The van der Waals surface area contributed by atoms with Gasteiger partial charge in [-0.1, -0.05) is 12.1 Å². The summed E-state index contributed by atoms with van der Waals surface area (Å²) in [6, 6.07) is 4.23. The molecule has 13 heteroatoms. The molecule has 1 aromatic carbocycles. The summed E-state index contributed by atoms with van der Waals surface area (Å²) in [6.07, 6.45) is -7.24. The quantitative estimate of drug-likeness (QED) is 0.444. The monoisotopic (exact) mass is 448 g/mol. The second kappa shape index (κ2) is 7.31. The SMILES string of the molecule is CS(=O)(=O)c1cc(-c2cncnc2C(F)(F)F)nc(-c2ccc(C(F)(F)F)cc2)n1. The Morgan fingerprint density at radius 3 is 2.07 bits per heavy atom. The van der Waals surface area contributed by atoms with E-state index >= 15 is 0 Å². The van der Waals surface area contributed by atoms with Crippen LogP contribution in [0, 0.1) is 0 Å². The second-order valence-electron chi connectivity index (χ2n) is 6.05. The van der Waals surface area contributed by atoms with E-state index in [1.54, 1.807) is 0 Å². The molecule has 0 amide bonds. The number of benzene rings is 1. The number of halogens is 6. The van der Waals surface area contributed by atoms with Crippen LogP contribution < -0.4 is 0 Å². The van der Waals surface area contributed by atoms with Crippen molar-refractivity contribution in [2.24, 2.45) is 0 Å². The van der Waals surface area contributed by atoms with E-state index in [1.807, 2.05) is 0 Å². The van der Waals surface area contributed by atoms with Crippen molar-refractivity contribution >= 4 is 9.84 Å². The van der Waals surface area contributed by atoms with E-state index in [2.05, 4.69) is 19.9 Å². The maximum Gasteiger partial charge on any atom is 0.434 e. The molecule has 158 valence electrons. The predicted molar refractivity (Wildman–Crippen MR) is 91.6 cm³/mol. The topological polar surface area (TPSA) is 85.7 Å². The number of hydrogen-bond donors (Lipinski definition) is 0. The summed E-state index contributed by atoms with van der Waals surface area (Å²) in [6.45, 7) is 0. The molecule has 0 saturated carbocycles. The van der Waals surface area contributed by atoms with Crippen LogP contribution >= 0.6 is 0 Å². The number of rotatable bonds is 3. The smallest absolute Gasteiger partial charge is 0.244 e. The van der Waals surface area contributed by atoms with E-state index in [0.717, 1.165) is 42.8 Å². The van der Waals surface area contributed by atoms with Crippen LogP contribution in [0.3, 0.4) is 0 Å². The number of hydrogen-bond acceptors (Lipinski definition) is 6. The fourth-order valence-corrected chi connectivity index (χ4v) is 3.01. The van der Waals surface area contributed by atoms with Crippen LogP contribution in [0.4, 0.5) is 26.3 Å². The highest BCUT2D eigenvalue weighted by Gasteiger charge is 2.36. The fraction of sp³-hybridized carbons (Fsp3) is 0.176. The van der Waals surface area contributed by atoms with Crippen LogP contribution in [0.25, 0.3) is 22.6 Å². The molecular formula is C17H10F6N4O2S. The molecular weight excluding hydrogens is 438 g/mol. The van der Waals surface area contributed by atoms with Crippen LogP contribution in [-0.2, 0) is 22.2 Å². The maximum absolute atomic E-state index is 13.3. The van der Waals surface area contributed by atoms with Gasteiger partial charge in [0.2, 0.25) is 0 Å². The third-order valence-corrected chi connectivity index (χ3v) is 4.78. The largest absolute Gasteiger partial charge is 0.434 e. The van der Waals surface area contributed by atoms with Gasteiger partial charge in [0.05, 0.1) is 11.3 Å². The Hall–Kier alpha value is -3.09. The van der Waals surface area contributed by atoms with Crippen LogP contribution in [0.1, 0.15) is 11.3 Å². The predicted octanol–water partition coefficient (Wildman–Crippen LogP) is 4.04. The molecule has 0 N–H and O–H groups in total. The van der Waals surface area contributed by atoms with Crippen molar-refractivity contribution in [3.63, 3.8) is 0 Å². The molecule has 0 saturated heterocycles. The van der Waals surface area contributed by atoms with Crippen LogP contribution in [0.5, 0.6) is 0 Å². The first kappa shape index (κ1) is 21.6. The highest BCUT2D eigenvalue weighted by Crippen LogP contribution is 2.36. The standard InChI is InChI=1S/C17H10F6N4O2S/c1-30(28,29)13-6-12(11-7-24-8-25-14(11)17(21,22)23)26-15(27-13)9-2-4-10(5-3-9)16(18,19)20/h2-8H,1H3. The molecule has 0 aliphatic rings. The Bertz CT molecular complexity index is 1190. The van der Waals surface area contributed by atoms with Gasteiger partial charge in [0.1, 0.15) is 6.33 Å². The molecule has 3 aromatic rings. The Morgan fingerprint density at radius 2 is 1.53 bits per heavy atom. The Kier molecular flexibility index (Phi) is 5.26. The third kappa shape index (κ3) is 4.56. The average molecular weight is 448 g/mol. The molecule has 0 aliphatic heterocycles. The fourth-order valence-electron chi connectivity index (χ4n) is 2.43. The molecule has 0 spiro atoms. The van der Waals surface area contributed by atoms with E-state index in [0.29, 0.717) is 6.33 Å². The zero-order valence-corrected chi connectivity index (χ0v) is 15.6. The van der Waals surface area contributed by atoms with Gasteiger partial charge in [0.15, 0.2) is 26.4 Å². The highest BCUT2D eigenvalue weighted by molar-refractivity contribution is 7.90. The Balaban J connectivity index is 2.23. The summed E-state index contributed by atoms with van der Waals surface area (Å²) in [5.41, 5.74) is -3.41. The van der Waals surface area contributed by atoms with Gasteiger partial charge < -0.3 is 0 Å². The van der Waals surface area contributed by atoms with Crippen molar-refractivity contribution in [3.05, 3.63) is 54.1 Å². The van der Waals surface area contributed by atoms with E-state index in [9.17, 15) is 34.8 Å². The summed E-state index contributed by atoms with van der Waals surface area (Å²) in [7, 11) is -4.00.